The summed E-state index contributed by atoms with van der Waals surface area (Å²) in [6.07, 6.45) is 0. The van der Waals surface area contributed by atoms with E-state index in [1.807, 2.05) is 36.0 Å². The predicted octanol–water partition coefficient (Wildman–Crippen LogP) is 11.5. The van der Waals surface area contributed by atoms with E-state index in [-0.39, 0.29) is 0 Å². The van der Waals surface area contributed by atoms with Gasteiger partial charge in [0, 0.05) is 26.5 Å². The molecule has 0 saturated carbocycles. The zero-order valence-electron chi connectivity index (χ0n) is 25.3. The van der Waals surface area contributed by atoms with Gasteiger partial charge >= 0.3 is 0 Å². The number of benzene rings is 7. The van der Waals surface area contributed by atoms with Crippen LogP contribution in [0.15, 0.2) is 174 Å². The van der Waals surface area contributed by atoms with Crippen LogP contribution in [0, 0.1) is 0 Å². The van der Waals surface area contributed by atoms with Crippen molar-refractivity contribution in [1.82, 2.24) is 15.0 Å². The zero-order chi connectivity index (χ0) is 31.2. The van der Waals surface area contributed by atoms with Crippen molar-refractivity contribution < 1.29 is 0 Å². The molecule has 0 fully saturated rings. The second-order valence-electron chi connectivity index (χ2n) is 11.6. The molecule has 0 aliphatic carbocycles. The first-order chi connectivity index (χ1) is 23.3. The Morgan fingerprint density at radius 2 is 0.809 bits per heavy atom. The van der Waals surface area contributed by atoms with Gasteiger partial charge in [-0.25, -0.2) is 15.0 Å². The van der Waals surface area contributed by atoms with Crippen LogP contribution in [0.5, 0.6) is 0 Å². The number of fused-ring (bicyclic) bond motifs is 4. The Balaban J connectivity index is 1.31. The van der Waals surface area contributed by atoms with Gasteiger partial charge in [0.1, 0.15) is 0 Å². The van der Waals surface area contributed by atoms with Gasteiger partial charge < -0.3 is 0 Å². The first-order valence-corrected chi connectivity index (χ1v) is 16.5. The molecular weight excluding hydrogens is 591 g/mol. The molecule has 7 aromatic carbocycles. The zero-order valence-corrected chi connectivity index (χ0v) is 26.2. The lowest BCUT2D eigenvalue weighted by Gasteiger charge is -2.21. The maximum Gasteiger partial charge on any atom is 0.164 e. The molecular formula is C43H27N3S. The Hall–Kier alpha value is -5.84. The molecule has 0 spiro atoms. The molecule has 0 unspecified atom stereocenters. The number of hydrogen-bond donors (Lipinski definition) is 0. The average Bonchev–Trinajstić information content (AvgIpc) is 3.15. The molecule has 1 aliphatic rings. The third kappa shape index (κ3) is 4.91. The Morgan fingerprint density at radius 3 is 1.53 bits per heavy atom. The molecule has 47 heavy (non-hydrogen) atoms. The van der Waals surface area contributed by atoms with Gasteiger partial charge in [0.2, 0.25) is 0 Å². The Bertz CT molecular complexity index is 2390. The van der Waals surface area contributed by atoms with E-state index in [1.165, 1.54) is 37.4 Å². The normalized spacial score (nSPS) is 11.7. The summed E-state index contributed by atoms with van der Waals surface area (Å²) < 4.78 is 0. The number of hydrogen-bond acceptors (Lipinski definition) is 4. The first kappa shape index (κ1) is 27.5. The maximum absolute atomic E-state index is 5.19. The smallest absolute Gasteiger partial charge is 0.164 e. The van der Waals surface area contributed by atoms with Gasteiger partial charge in [0.25, 0.3) is 0 Å². The summed E-state index contributed by atoms with van der Waals surface area (Å²) in [5.74, 6) is 1.95. The van der Waals surface area contributed by atoms with E-state index in [0.29, 0.717) is 17.5 Å². The van der Waals surface area contributed by atoms with Crippen molar-refractivity contribution in [2.75, 3.05) is 0 Å². The van der Waals surface area contributed by atoms with E-state index < -0.39 is 0 Å². The highest BCUT2D eigenvalue weighted by Crippen LogP contribution is 2.49. The molecule has 1 aromatic heterocycles. The Labute approximate surface area is 277 Å². The number of rotatable bonds is 4. The lowest BCUT2D eigenvalue weighted by Crippen LogP contribution is -2.01. The SMILES string of the molecule is c1ccc(-c2cccc(-c3nc(-c4ccccc4)nc(-c4ccc5c6c(cccc46)-c4ccccc4Sc4ccccc4-5)n3)c2)cc1. The summed E-state index contributed by atoms with van der Waals surface area (Å²) in [6, 6.07) is 57.5. The molecule has 0 saturated heterocycles. The van der Waals surface area contributed by atoms with Crippen LogP contribution in [0.25, 0.3) is 78.3 Å². The summed E-state index contributed by atoms with van der Waals surface area (Å²) in [6.45, 7) is 0. The Kier molecular flexibility index (Phi) is 6.72. The van der Waals surface area contributed by atoms with Gasteiger partial charge in [-0.05, 0) is 68.4 Å². The third-order valence-corrected chi connectivity index (χ3v) is 9.90. The number of nitrogens with zero attached hydrogens (tertiary/aromatic N) is 3. The fourth-order valence-electron chi connectivity index (χ4n) is 6.54. The summed E-state index contributed by atoms with van der Waals surface area (Å²) >= 11 is 1.83. The van der Waals surface area contributed by atoms with Crippen LogP contribution < -0.4 is 0 Å². The van der Waals surface area contributed by atoms with Gasteiger partial charge in [0.05, 0.1) is 0 Å². The van der Waals surface area contributed by atoms with Crippen LogP contribution in [0.3, 0.4) is 0 Å². The highest BCUT2D eigenvalue weighted by Gasteiger charge is 2.22. The van der Waals surface area contributed by atoms with Crippen molar-refractivity contribution in [3.63, 3.8) is 0 Å². The quantitative estimate of drug-likeness (QED) is 0.197. The standard InChI is InChI=1S/C43H27N3S/c1-3-13-28(14-4-1)30-17-11-18-31(27-30)42-44-41(29-15-5-2-6-16-29)45-43(46-42)37-26-25-36-33-20-8-10-24-39(33)47-38-23-9-7-19-32(38)34-21-12-22-35(37)40(34)36/h1-27H. The van der Waals surface area contributed by atoms with Crippen molar-refractivity contribution in [2.45, 2.75) is 9.79 Å². The van der Waals surface area contributed by atoms with E-state index >= 15 is 0 Å². The van der Waals surface area contributed by atoms with Crippen LogP contribution in [-0.2, 0) is 0 Å². The van der Waals surface area contributed by atoms with E-state index in [2.05, 4.69) is 140 Å². The van der Waals surface area contributed by atoms with Crippen molar-refractivity contribution in [3.05, 3.63) is 164 Å². The molecule has 2 heterocycles. The average molecular weight is 618 g/mol. The molecule has 0 radical (unpaired) electrons. The molecule has 0 bridgehead atoms. The minimum absolute atomic E-state index is 0.647. The second kappa shape index (κ2) is 11.5. The van der Waals surface area contributed by atoms with E-state index in [4.69, 9.17) is 15.0 Å². The molecule has 8 aromatic rings. The van der Waals surface area contributed by atoms with Crippen LogP contribution in [-0.4, -0.2) is 15.0 Å². The molecule has 1 aliphatic heterocycles. The molecule has 4 heteroatoms. The highest BCUT2D eigenvalue weighted by molar-refractivity contribution is 7.99. The molecule has 220 valence electrons. The van der Waals surface area contributed by atoms with Gasteiger partial charge in [-0.15, -0.1) is 0 Å². The lowest BCUT2D eigenvalue weighted by atomic mass is 9.89. The van der Waals surface area contributed by atoms with Gasteiger partial charge in [0.15, 0.2) is 17.5 Å². The monoisotopic (exact) mass is 617 g/mol. The van der Waals surface area contributed by atoms with Crippen LogP contribution in [0.4, 0.5) is 0 Å². The van der Waals surface area contributed by atoms with Crippen LogP contribution in [0.1, 0.15) is 0 Å². The fraction of sp³-hybridized carbons (Fsp3) is 0. The second-order valence-corrected chi connectivity index (χ2v) is 12.7. The van der Waals surface area contributed by atoms with E-state index in [0.717, 1.165) is 33.2 Å². The molecule has 0 atom stereocenters. The summed E-state index contributed by atoms with van der Waals surface area (Å²) in [4.78, 5) is 17.9. The fourth-order valence-corrected chi connectivity index (χ4v) is 7.64. The van der Waals surface area contributed by atoms with Crippen molar-refractivity contribution >= 4 is 22.5 Å². The van der Waals surface area contributed by atoms with Crippen LogP contribution in [0.2, 0.25) is 0 Å². The van der Waals surface area contributed by atoms with Gasteiger partial charge in [-0.2, -0.15) is 0 Å². The van der Waals surface area contributed by atoms with Crippen molar-refractivity contribution in [2.24, 2.45) is 0 Å². The van der Waals surface area contributed by atoms with Gasteiger partial charge in [-0.3, -0.25) is 0 Å². The molecule has 0 amide bonds. The highest BCUT2D eigenvalue weighted by atomic mass is 32.2. The van der Waals surface area contributed by atoms with E-state index in [1.54, 1.807) is 0 Å². The Morgan fingerprint density at radius 1 is 0.319 bits per heavy atom. The molecule has 3 nitrogen and oxygen atoms in total. The summed E-state index contributed by atoms with van der Waals surface area (Å²) in [7, 11) is 0. The first-order valence-electron chi connectivity index (χ1n) is 15.7. The van der Waals surface area contributed by atoms with Crippen LogP contribution >= 0.6 is 11.8 Å². The minimum atomic E-state index is 0.647. The summed E-state index contributed by atoms with van der Waals surface area (Å²) in [5, 5.41) is 2.32. The minimum Gasteiger partial charge on any atom is -0.208 e. The van der Waals surface area contributed by atoms with Crippen molar-refractivity contribution in [3.8, 4) is 67.5 Å². The topological polar surface area (TPSA) is 38.7 Å². The maximum atomic E-state index is 5.19. The lowest BCUT2D eigenvalue weighted by molar-refractivity contribution is 1.08. The van der Waals surface area contributed by atoms with Gasteiger partial charge in [-0.1, -0.05) is 151 Å². The molecule has 9 rings (SSSR count). The number of aromatic nitrogens is 3. The molecule has 0 N–H and O–H groups in total. The van der Waals surface area contributed by atoms with E-state index in [9.17, 15) is 0 Å². The van der Waals surface area contributed by atoms with Crippen molar-refractivity contribution in [1.29, 1.82) is 0 Å². The largest absolute Gasteiger partial charge is 0.208 e. The third-order valence-electron chi connectivity index (χ3n) is 8.75. The predicted molar refractivity (Wildman–Crippen MR) is 194 cm³/mol. The summed E-state index contributed by atoms with van der Waals surface area (Å²) in [5.41, 5.74) is 10.0.